The van der Waals surface area contributed by atoms with Gasteiger partial charge in [0.2, 0.25) is 0 Å². The summed E-state index contributed by atoms with van der Waals surface area (Å²) < 4.78 is 0. The van der Waals surface area contributed by atoms with E-state index in [-0.39, 0.29) is 24.4 Å². The van der Waals surface area contributed by atoms with Crippen molar-refractivity contribution in [1.29, 1.82) is 0 Å². The van der Waals surface area contributed by atoms with E-state index in [9.17, 15) is 14.4 Å². The highest BCUT2D eigenvalue weighted by Crippen LogP contribution is 2.29. The summed E-state index contributed by atoms with van der Waals surface area (Å²) in [4.78, 5) is 38.4. The van der Waals surface area contributed by atoms with Gasteiger partial charge in [-0.2, -0.15) is 0 Å². The van der Waals surface area contributed by atoms with E-state index in [1.807, 2.05) is 5.38 Å². The van der Waals surface area contributed by atoms with Crippen molar-refractivity contribution < 1.29 is 19.5 Å². The molecule has 1 saturated carbocycles. The molecule has 26 heavy (non-hydrogen) atoms. The van der Waals surface area contributed by atoms with Crippen LogP contribution in [0.4, 0.5) is 5.69 Å². The number of nitrogens with zero attached hydrogens (tertiary/aromatic N) is 1. The Hall–Kier alpha value is -2.67. The Morgan fingerprint density at radius 3 is 2.65 bits per heavy atom. The van der Waals surface area contributed by atoms with Crippen molar-refractivity contribution in [2.45, 2.75) is 25.8 Å². The van der Waals surface area contributed by atoms with E-state index in [0.29, 0.717) is 16.1 Å². The van der Waals surface area contributed by atoms with Crippen molar-refractivity contribution in [2.75, 3.05) is 11.9 Å². The molecule has 136 valence electrons. The summed E-state index contributed by atoms with van der Waals surface area (Å²) in [5.41, 5.74) is 0.981. The van der Waals surface area contributed by atoms with Gasteiger partial charge >= 0.3 is 5.97 Å². The Balaban J connectivity index is 1.74. The van der Waals surface area contributed by atoms with Crippen LogP contribution >= 0.6 is 11.3 Å². The molecule has 1 aliphatic carbocycles. The zero-order chi connectivity index (χ0) is 18.7. The summed E-state index contributed by atoms with van der Waals surface area (Å²) >= 11 is 1.34. The van der Waals surface area contributed by atoms with Gasteiger partial charge in [0, 0.05) is 23.8 Å². The average Bonchev–Trinajstić information content (AvgIpc) is 3.31. The maximum absolute atomic E-state index is 12.9. The van der Waals surface area contributed by atoms with Crippen LogP contribution in [0.3, 0.4) is 0 Å². The van der Waals surface area contributed by atoms with E-state index in [2.05, 4.69) is 5.32 Å². The number of anilines is 1. The van der Waals surface area contributed by atoms with Crippen LogP contribution in [-0.4, -0.2) is 40.4 Å². The number of carboxylic acids is 1. The molecule has 1 aliphatic rings. The predicted octanol–water partition coefficient (Wildman–Crippen LogP) is 3.33. The summed E-state index contributed by atoms with van der Waals surface area (Å²) in [5.74, 6) is -1.96. The van der Waals surface area contributed by atoms with Crippen LogP contribution in [0.2, 0.25) is 0 Å². The molecule has 7 heteroatoms. The van der Waals surface area contributed by atoms with E-state index in [0.717, 1.165) is 12.8 Å². The van der Waals surface area contributed by atoms with Crippen molar-refractivity contribution in [3.8, 4) is 0 Å². The summed E-state index contributed by atoms with van der Waals surface area (Å²) in [6.45, 7) is 1.79. The highest BCUT2D eigenvalue weighted by atomic mass is 32.1. The third kappa shape index (κ3) is 4.29. The smallest absolute Gasteiger partial charge is 0.308 e. The molecule has 0 saturated heterocycles. The van der Waals surface area contributed by atoms with Crippen LogP contribution in [0.25, 0.3) is 0 Å². The van der Waals surface area contributed by atoms with Gasteiger partial charge in [-0.3, -0.25) is 14.4 Å². The number of aliphatic carboxylic acids is 1. The van der Waals surface area contributed by atoms with Crippen LogP contribution in [0, 0.1) is 5.92 Å². The van der Waals surface area contributed by atoms with Crippen LogP contribution in [0.1, 0.15) is 39.8 Å². The van der Waals surface area contributed by atoms with E-state index in [1.165, 1.54) is 11.3 Å². The fraction of sp³-hybridized carbons (Fsp3) is 0.316. The number of carbonyl (C=O) groups is 3. The van der Waals surface area contributed by atoms with Gasteiger partial charge < -0.3 is 15.3 Å². The van der Waals surface area contributed by atoms with E-state index in [1.54, 1.807) is 48.2 Å². The van der Waals surface area contributed by atoms with Gasteiger partial charge in [0.25, 0.3) is 11.8 Å². The van der Waals surface area contributed by atoms with Crippen molar-refractivity contribution in [1.82, 2.24) is 4.90 Å². The fourth-order valence-corrected chi connectivity index (χ4v) is 3.27. The number of rotatable bonds is 7. The molecule has 2 aromatic rings. The molecule has 0 bridgehead atoms. The second kappa shape index (κ2) is 7.70. The van der Waals surface area contributed by atoms with Crippen LogP contribution in [-0.2, 0) is 4.79 Å². The first kappa shape index (κ1) is 18.1. The van der Waals surface area contributed by atoms with Crippen LogP contribution in [0.15, 0.2) is 41.8 Å². The molecule has 1 heterocycles. The molecule has 6 nitrogen and oxygen atoms in total. The number of carbonyl (C=O) groups excluding carboxylic acids is 2. The summed E-state index contributed by atoms with van der Waals surface area (Å²) in [7, 11) is 0. The standard InChI is InChI=1S/C19H20N2O4S/c1-12(19(24)25)11-21(15-7-8-15)18(23)13-4-2-5-14(10-13)20-17(22)16-6-3-9-26-16/h2-6,9-10,12,15H,7-8,11H2,1H3,(H,20,22)(H,24,25). The Labute approximate surface area is 155 Å². The molecule has 1 unspecified atom stereocenters. The average molecular weight is 372 g/mol. The molecular formula is C19H20N2O4S. The van der Waals surface area contributed by atoms with E-state index < -0.39 is 11.9 Å². The van der Waals surface area contributed by atoms with Gasteiger partial charge in [0.1, 0.15) is 0 Å². The molecule has 1 atom stereocenters. The Kier molecular flexibility index (Phi) is 5.37. The molecule has 0 radical (unpaired) electrons. The summed E-state index contributed by atoms with van der Waals surface area (Å²) in [6.07, 6.45) is 1.79. The zero-order valence-corrected chi connectivity index (χ0v) is 15.2. The number of carboxylic acid groups (broad SMARTS) is 1. The van der Waals surface area contributed by atoms with Gasteiger partial charge in [-0.25, -0.2) is 0 Å². The number of nitrogens with one attached hydrogen (secondary N) is 1. The van der Waals surface area contributed by atoms with Gasteiger partial charge in [0.05, 0.1) is 10.8 Å². The van der Waals surface area contributed by atoms with Gasteiger partial charge in [-0.15, -0.1) is 11.3 Å². The fourth-order valence-electron chi connectivity index (χ4n) is 2.65. The van der Waals surface area contributed by atoms with Crippen molar-refractivity contribution in [3.05, 3.63) is 52.2 Å². The Morgan fingerprint density at radius 2 is 2.04 bits per heavy atom. The molecule has 3 rings (SSSR count). The lowest BCUT2D eigenvalue weighted by molar-refractivity contribution is -0.141. The van der Waals surface area contributed by atoms with Crippen LogP contribution < -0.4 is 5.32 Å². The predicted molar refractivity (Wildman–Crippen MR) is 99.6 cm³/mol. The van der Waals surface area contributed by atoms with E-state index in [4.69, 9.17) is 5.11 Å². The minimum atomic E-state index is -0.916. The third-order valence-corrected chi connectivity index (χ3v) is 5.12. The number of amides is 2. The van der Waals surface area contributed by atoms with Crippen molar-refractivity contribution >= 4 is 34.8 Å². The first-order valence-corrected chi connectivity index (χ1v) is 9.32. The second-order valence-electron chi connectivity index (χ2n) is 6.44. The zero-order valence-electron chi connectivity index (χ0n) is 14.3. The van der Waals surface area contributed by atoms with Crippen molar-refractivity contribution in [2.24, 2.45) is 5.92 Å². The lowest BCUT2D eigenvalue weighted by Gasteiger charge is -2.24. The quantitative estimate of drug-likeness (QED) is 0.780. The Bertz CT molecular complexity index is 815. The van der Waals surface area contributed by atoms with Crippen LogP contribution in [0.5, 0.6) is 0 Å². The number of benzene rings is 1. The first-order valence-electron chi connectivity index (χ1n) is 8.44. The first-order chi connectivity index (χ1) is 12.5. The number of hydrogen-bond donors (Lipinski definition) is 2. The van der Waals surface area contributed by atoms with Crippen molar-refractivity contribution in [3.63, 3.8) is 0 Å². The third-order valence-electron chi connectivity index (χ3n) is 4.25. The molecule has 2 N–H and O–H groups in total. The molecular weight excluding hydrogens is 352 g/mol. The number of thiophene rings is 1. The lowest BCUT2D eigenvalue weighted by atomic mass is 10.1. The molecule has 0 aliphatic heterocycles. The van der Waals surface area contributed by atoms with Gasteiger partial charge in [-0.1, -0.05) is 19.1 Å². The summed E-state index contributed by atoms with van der Waals surface area (Å²) in [5, 5.41) is 13.7. The molecule has 1 aromatic carbocycles. The van der Waals surface area contributed by atoms with Gasteiger partial charge in [-0.05, 0) is 42.5 Å². The highest BCUT2D eigenvalue weighted by molar-refractivity contribution is 7.12. The summed E-state index contributed by atoms with van der Waals surface area (Å²) in [6, 6.07) is 10.4. The van der Waals surface area contributed by atoms with Gasteiger partial charge in [0.15, 0.2) is 0 Å². The molecule has 1 aromatic heterocycles. The number of hydrogen-bond acceptors (Lipinski definition) is 4. The minimum absolute atomic E-state index is 0.105. The van der Waals surface area contributed by atoms with E-state index >= 15 is 0 Å². The monoisotopic (exact) mass is 372 g/mol. The molecule has 2 amide bonds. The molecule has 1 fully saturated rings. The largest absolute Gasteiger partial charge is 0.481 e. The SMILES string of the molecule is CC(CN(C(=O)c1cccc(NC(=O)c2cccs2)c1)C1CC1)C(=O)O. The minimum Gasteiger partial charge on any atom is -0.481 e. The maximum atomic E-state index is 12.9. The lowest BCUT2D eigenvalue weighted by Crippen LogP contribution is -2.38. The topological polar surface area (TPSA) is 86.7 Å². The normalized spacial score (nSPS) is 14.5. The highest BCUT2D eigenvalue weighted by Gasteiger charge is 2.35. The second-order valence-corrected chi connectivity index (χ2v) is 7.39. The Morgan fingerprint density at radius 1 is 1.27 bits per heavy atom. The maximum Gasteiger partial charge on any atom is 0.308 e. The molecule has 0 spiro atoms.